The molecule has 0 aliphatic carbocycles. The minimum Gasteiger partial charge on any atom is -0.756 e. The van der Waals surface area contributed by atoms with Crippen LogP contribution in [0.25, 0.3) is 0 Å². The maximum absolute atomic E-state index is 12.7. The van der Waals surface area contributed by atoms with Crippen molar-refractivity contribution in [3.63, 3.8) is 0 Å². The summed E-state index contributed by atoms with van der Waals surface area (Å²) in [5, 5.41) is 13.7. The van der Waals surface area contributed by atoms with Crippen molar-refractivity contribution in [3.05, 3.63) is 36.5 Å². The van der Waals surface area contributed by atoms with Gasteiger partial charge in [0, 0.05) is 6.42 Å². The number of allylic oxidation sites excluding steroid dienone is 6. The number of aliphatic hydroxyl groups is 1. The van der Waals surface area contributed by atoms with Crippen molar-refractivity contribution >= 4 is 13.7 Å². The van der Waals surface area contributed by atoms with Gasteiger partial charge in [0.05, 0.1) is 39.9 Å². The SMILES string of the molecule is CC/C=C\C/C=C\C/C=C\CCCCCCCC(=O)NC(COP(=O)([O-])OCC[N+](C)(C)C)C(O)CCCCCCCCCC. The van der Waals surface area contributed by atoms with E-state index in [9.17, 15) is 19.4 Å². The van der Waals surface area contributed by atoms with Crippen LogP contribution >= 0.6 is 7.82 Å². The number of unbranched alkanes of at least 4 members (excludes halogenated alkanes) is 12. The van der Waals surface area contributed by atoms with E-state index in [1.807, 2.05) is 21.1 Å². The summed E-state index contributed by atoms with van der Waals surface area (Å²) in [6, 6.07) is -0.805. The molecule has 8 nitrogen and oxygen atoms in total. The lowest BCUT2D eigenvalue weighted by Crippen LogP contribution is -2.46. The number of nitrogens with one attached hydrogen (secondary N) is 1. The molecule has 0 bridgehead atoms. The highest BCUT2D eigenvalue weighted by Gasteiger charge is 2.24. The molecule has 264 valence electrons. The van der Waals surface area contributed by atoms with Crippen molar-refractivity contribution in [2.24, 2.45) is 0 Å². The first-order valence-electron chi connectivity index (χ1n) is 17.8. The Hall–Kier alpha value is -1.28. The summed E-state index contributed by atoms with van der Waals surface area (Å²) in [7, 11) is 1.28. The number of hydrogen-bond acceptors (Lipinski definition) is 6. The van der Waals surface area contributed by atoms with Gasteiger partial charge in [0.2, 0.25) is 5.91 Å². The van der Waals surface area contributed by atoms with E-state index in [1.165, 1.54) is 32.1 Å². The summed E-state index contributed by atoms with van der Waals surface area (Å²) in [4.78, 5) is 25.1. The monoisotopic (exact) mass is 656 g/mol. The molecule has 1 amide bonds. The van der Waals surface area contributed by atoms with Gasteiger partial charge < -0.3 is 28.8 Å². The Morgan fingerprint density at radius 3 is 1.98 bits per heavy atom. The molecule has 0 aliphatic heterocycles. The number of quaternary nitrogens is 1. The highest BCUT2D eigenvalue weighted by Crippen LogP contribution is 2.38. The number of aliphatic hydroxyl groups excluding tert-OH is 1. The normalized spacial score (nSPS) is 15.3. The average molecular weight is 657 g/mol. The summed E-state index contributed by atoms with van der Waals surface area (Å²) < 4.78 is 23.0. The van der Waals surface area contributed by atoms with Crippen LogP contribution in [0.2, 0.25) is 0 Å². The van der Waals surface area contributed by atoms with E-state index in [4.69, 9.17) is 9.05 Å². The van der Waals surface area contributed by atoms with E-state index in [-0.39, 0.29) is 19.1 Å². The van der Waals surface area contributed by atoms with Gasteiger partial charge in [0.15, 0.2) is 0 Å². The van der Waals surface area contributed by atoms with Gasteiger partial charge in [0.25, 0.3) is 7.82 Å². The molecule has 3 unspecified atom stereocenters. The Bertz CT molecular complexity index is 840. The van der Waals surface area contributed by atoms with Gasteiger partial charge in [-0.2, -0.15) is 0 Å². The molecule has 0 aromatic rings. The third-order valence-corrected chi connectivity index (χ3v) is 8.61. The molecule has 0 fully saturated rings. The number of hydrogen-bond donors (Lipinski definition) is 2. The van der Waals surface area contributed by atoms with Gasteiger partial charge in [-0.05, 0) is 44.9 Å². The predicted octanol–water partition coefficient (Wildman–Crippen LogP) is 8.16. The smallest absolute Gasteiger partial charge is 0.268 e. The summed E-state index contributed by atoms with van der Waals surface area (Å²) in [5.74, 6) is -0.188. The van der Waals surface area contributed by atoms with Crippen molar-refractivity contribution in [2.75, 3.05) is 40.9 Å². The second kappa shape index (κ2) is 28.9. The summed E-state index contributed by atoms with van der Waals surface area (Å²) >= 11 is 0. The highest BCUT2D eigenvalue weighted by molar-refractivity contribution is 7.45. The van der Waals surface area contributed by atoms with Crippen LogP contribution in [-0.4, -0.2) is 68.5 Å². The minimum atomic E-state index is -4.55. The van der Waals surface area contributed by atoms with Crippen LogP contribution in [0.3, 0.4) is 0 Å². The molecule has 2 N–H and O–H groups in total. The molecule has 0 aliphatic rings. The molecule has 0 saturated carbocycles. The molecular weight excluding hydrogens is 587 g/mol. The molecule has 0 aromatic carbocycles. The Morgan fingerprint density at radius 2 is 1.36 bits per heavy atom. The third-order valence-electron chi connectivity index (χ3n) is 7.64. The standard InChI is InChI=1S/C36H69N2O6P/c1-6-8-10-12-14-16-17-18-19-20-21-22-24-26-28-30-36(40)37-34(33-44-45(41,42)43-32-31-38(3,4)5)35(39)29-27-25-23-15-13-11-9-7-2/h8,10,14,16,18-19,34-35,39H,6-7,9,11-13,15,17,20-33H2,1-5H3,(H-,37,40,41,42)/b10-8-,16-14-,19-18-. The lowest BCUT2D eigenvalue weighted by molar-refractivity contribution is -0.870. The second-order valence-corrected chi connectivity index (χ2v) is 14.6. The van der Waals surface area contributed by atoms with E-state index in [0.29, 0.717) is 23.9 Å². The van der Waals surface area contributed by atoms with Crippen LogP contribution < -0.4 is 10.2 Å². The highest BCUT2D eigenvalue weighted by atomic mass is 31.2. The molecule has 9 heteroatoms. The first kappa shape index (κ1) is 43.7. The molecule has 3 atom stereocenters. The summed E-state index contributed by atoms with van der Waals surface area (Å²) in [5.41, 5.74) is 0. The topological polar surface area (TPSA) is 108 Å². The number of phosphoric ester groups is 1. The molecule has 0 rings (SSSR count). The minimum absolute atomic E-state index is 0.00689. The Kier molecular flexibility index (Phi) is 28.1. The molecule has 0 heterocycles. The average Bonchev–Trinajstić information content (AvgIpc) is 2.97. The summed E-state index contributed by atoms with van der Waals surface area (Å²) in [6.07, 6.45) is 31.5. The van der Waals surface area contributed by atoms with Crippen molar-refractivity contribution in [3.8, 4) is 0 Å². The number of carbonyl (C=O) groups is 1. The van der Waals surface area contributed by atoms with Crippen LogP contribution in [-0.2, 0) is 18.4 Å². The van der Waals surface area contributed by atoms with Gasteiger partial charge in [0.1, 0.15) is 13.2 Å². The fourth-order valence-electron chi connectivity index (χ4n) is 4.76. The van der Waals surface area contributed by atoms with E-state index in [0.717, 1.165) is 77.0 Å². The zero-order valence-corrected chi connectivity index (χ0v) is 30.5. The van der Waals surface area contributed by atoms with Crippen LogP contribution in [0.15, 0.2) is 36.5 Å². The van der Waals surface area contributed by atoms with Crippen molar-refractivity contribution < 1.29 is 32.9 Å². The molecule has 0 aromatic heterocycles. The molecular formula is C36H69N2O6P. The molecule has 0 radical (unpaired) electrons. The zero-order valence-electron chi connectivity index (χ0n) is 29.6. The number of likely N-dealkylation sites (N-methyl/N-ethyl adjacent to an activating group) is 1. The Labute approximate surface area is 276 Å². The maximum Gasteiger partial charge on any atom is 0.268 e. The van der Waals surface area contributed by atoms with Crippen LogP contribution in [0, 0.1) is 0 Å². The number of carbonyl (C=O) groups excluding carboxylic acids is 1. The zero-order chi connectivity index (χ0) is 33.7. The number of phosphoric acid groups is 1. The Balaban J connectivity index is 4.49. The molecule has 0 saturated heterocycles. The summed E-state index contributed by atoms with van der Waals surface area (Å²) in [6.45, 7) is 4.52. The van der Waals surface area contributed by atoms with E-state index in [2.05, 4.69) is 55.6 Å². The van der Waals surface area contributed by atoms with E-state index >= 15 is 0 Å². The van der Waals surface area contributed by atoms with Gasteiger partial charge in [-0.3, -0.25) is 9.36 Å². The van der Waals surface area contributed by atoms with E-state index in [1.54, 1.807) is 0 Å². The van der Waals surface area contributed by atoms with Crippen LogP contribution in [0.4, 0.5) is 0 Å². The lowest BCUT2D eigenvalue weighted by Gasteiger charge is -2.30. The van der Waals surface area contributed by atoms with Crippen LogP contribution in [0.1, 0.15) is 136 Å². The van der Waals surface area contributed by atoms with E-state index < -0.39 is 20.0 Å². The predicted molar refractivity (Wildman–Crippen MR) is 187 cm³/mol. The number of nitrogens with zero attached hydrogens (tertiary/aromatic N) is 1. The first-order valence-corrected chi connectivity index (χ1v) is 19.3. The number of rotatable bonds is 31. The lowest BCUT2D eigenvalue weighted by atomic mass is 10.0. The van der Waals surface area contributed by atoms with Gasteiger partial charge in [-0.25, -0.2) is 0 Å². The van der Waals surface area contributed by atoms with Crippen molar-refractivity contribution in [1.29, 1.82) is 0 Å². The maximum atomic E-state index is 12.7. The Morgan fingerprint density at radius 1 is 0.800 bits per heavy atom. The van der Waals surface area contributed by atoms with Crippen molar-refractivity contribution in [2.45, 2.75) is 148 Å². The van der Waals surface area contributed by atoms with Gasteiger partial charge >= 0.3 is 0 Å². The first-order chi connectivity index (χ1) is 21.5. The van der Waals surface area contributed by atoms with Gasteiger partial charge in [-0.1, -0.05) is 121 Å². The quantitative estimate of drug-likeness (QED) is 0.0337. The van der Waals surface area contributed by atoms with Crippen molar-refractivity contribution in [1.82, 2.24) is 5.32 Å². The fraction of sp³-hybridized carbons (Fsp3) is 0.806. The molecule has 45 heavy (non-hydrogen) atoms. The van der Waals surface area contributed by atoms with Gasteiger partial charge in [-0.15, -0.1) is 0 Å². The third kappa shape index (κ3) is 31.1. The van der Waals surface area contributed by atoms with Crippen LogP contribution in [0.5, 0.6) is 0 Å². The largest absolute Gasteiger partial charge is 0.756 e. The molecule has 0 spiro atoms. The fourth-order valence-corrected chi connectivity index (χ4v) is 5.48. The number of amides is 1. The second-order valence-electron chi connectivity index (χ2n) is 13.2.